The van der Waals surface area contributed by atoms with Crippen LogP contribution >= 0.6 is 0 Å². The van der Waals surface area contributed by atoms with Gasteiger partial charge in [-0.1, -0.05) is 39.0 Å². The van der Waals surface area contributed by atoms with E-state index in [1.54, 1.807) is 0 Å². The number of nitrogens with zero attached hydrogens (tertiary/aromatic N) is 4. The monoisotopic (exact) mass is 419 g/mol. The van der Waals surface area contributed by atoms with Crippen molar-refractivity contribution in [1.82, 2.24) is 24.8 Å². The Morgan fingerprint density at radius 2 is 1.90 bits per heavy atom. The summed E-state index contributed by atoms with van der Waals surface area (Å²) in [4.78, 5) is 24.4. The molecule has 6 nitrogen and oxygen atoms in total. The van der Waals surface area contributed by atoms with Gasteiger partial charge in [-0.15, -0.1) is 0 Å². The third-order valence-corrected chi connectivity index (χ3v) is 6.17. The summed E-state index contributed by atoms with van der Waals surface area (Å²) in [7, 11) is 0. The lowest BCUT2D eigenvalue weighted by Gasteiger charge is -2.33. The molecule has 1 atom stereocenters. The molecule has 2 aromatic heterocycles. The van der Waals surface area contributed by atoms with Crippen molar-refractivity contribution in [3.63, 3.8) is 0 Å². The number of hydrogen-bond acceptors (Lipinski definition) is 4. The molecule has 4 rings (SSSR count). The molecule has 0 bridgehead atoms. The molecular weight excluding hydrogens is 386 g/mol. The molecule has 1 aromatic carbocycles. The Balaban J connectivity index is 1.33. The van der Waals surface area contributed by atoms with Gasteiger partial charge in [0.1, 0.15) is 5.82 Å². The molecule has 1 amide bonds. The van der Waals surface area contributed by atoms with Crippen LogP contribution in [0.15, 0.2) is 48.8 Å². The Kier molecular flexibility index (Phi) is 6.66. The number of aromatic nitrogens is 3. The SMILES string of the molecule is CC(C)c1nc2ccccc2n1C[C@H](C)C(=O)NC1CCN(Cc2cccnc2)CC1. The molecule has 164 valence electrons. The molecule has 31 heavy (non-hydrogen) atoms. The molecule has 3 heterocycles. The number of fused-ring (bicyclic) bond motifs is 1. The summed E-state index contributed by atoms with van der Waals surface area (Å²) >= 11 is 0. The average molecular weight is 420 g/mol. The number of rotatable bonds is 7. The van der Waals surface area contributed by atoms with Crippen LogP contribution in [0.3, 0.4) is 0 Å². The van der Waals surface area contributed by atoms with Gasteiger partial charge >= 0.3 is 0 Å². The van der Waals surface area contributed by atoms with Gasteiger partial charge in [-0.3, -0.25) is 14.7 Å². The number of nitrogens with one attached hydrogen (secondary N) is 1. The predicted molar refractivity (Wildman–Crippen MR) is 124 cm³/mol. The molecule has 3 aromatic rings. The van der Waals surface area contributed by atoms with Gasteiger partial charge in [0.25, 0.3) is 0 Å². The van der Waals surface area contributed by atoms with Crippen molar-refractivity contribution in [3.05, 3.63) is 60.2 Å². The normalized spacial score (nSPS) is 16.6. The van der Waals surface area contributed by atoms with Gasteiger partial charge in [-0.25, -0.2) is 4.98 Å². The molecular formula is C25H33N5O. The van der Waals surface area contributed by atoms with Gasteiger partial charge in [-0.2, -0.15) is 0 Å². The standard InChI is InChI=1S/C25H33N5O/c1-18(2)24-28-22-8-4-5-9-23(22)30(24)16-19(3)25(31)27-21-10-13-29(14-11-21)17-20-7-6-12-26-15-20/h4-9,12,15,18-19,21H,10-11,13-14,16-17H2,1-3H3,(H,27,31)/t19-/m0/s1. The van der Waals surface area contributed by atoms with Crippen LogP contribution in [0.25, 0.3) is 11.0 Å². The van der Waals surface area contributed by atoms with Crippen LogP contribution in [-0.4, -0.2) is 44.5 Å². The Bertz CT molecular complexity index is 1010. The first-order valence-electron chi connectivity index (χ1n) is 11.4. The first-order valence-corrected chi connectivity index (χ1v) is 11.4. The van der Waals surface area contributed by atoms with Crippen molar-refractivity contribution >= 4 is 16.9 Å². The van der Waals surface area contributed by atoms with E-state index < -0.39 is 0 Å². The van der Waals surface area contributed by atoms with Crippen molar-refractivity contribution in [2.45, 2.75) is 58.7 Å². The molecule has 0 unspecified atom stereocenters. The molecule has 0 spiro atoms. The van der Waals surface area contributed by atoms with Crippen LogP contribution in [0.1, 0.15) is 50.9 Å². The first kappa shape index (κ1) is 21.5. The molecule has 1 saturated heterocycles. The zero-order valence-electron chi connectivity index (χ0n) is 18.8. The van der Waals surface area contributed by atoms with E-state index in [4.69, 9.17) is 4.98 Å². The lowest BCUT2D eigenvalue weighted by atomic mass is 10.0. The molecule has 1 aliphatic rings. The summed E-state index contributed by atoms with van der Waals surface area (Å²) in [5.41, 5.74) is 3.35. The van der Waals surface area contributed by atoms with Gasteiger partial charge in [0.15, 0.2) is 0 Å². The summed E-state index contributed by atoms with van der Waals surface area (Å²) in [6, 6.07) is 12.5. The van der Waals surface area contributed by atoms with Crippen molar-refractivity contribution in [2.75, 3.05) is 13.1 Å². The van der Waals surface area contributed by atoms with Crippen LogP contribution in [0.5, 0.6) is 0 Å². The first-order chi connectivity index (χ1) is 15.0. The number of benzene rings is 1. The van der Waals surface area contributed by atoms with E-state index in [-0.39, 0.29) is 17.9 Å². The van der Waals surface area contributed by atoms with Gasteiger partial charge in [-0.05, 0) is 36.6 Å². The minimum Gasteiger partial charge on any atom is -0.353 e. The fourth-order valence-electron chi connectivity index (χ4n) is 4.41. The topological polar surface area (TPSA) is 63.1 Å². The van der Waals surface area contributed by atoms with E-state index in [1.165, 1.54) is 5.56 Å². The fourth-order valence-corrected chi connectivity index (χ4v) is 4.41. The second kappa shape index (κ2) is 9.60. The zero-order chi connectivity index (χ0) is 21.8. The number of likely N-dealkylation sites (tertiary alicyclic amines) is 1. The van der Waals surface area contributed by atoms with Gasteiger partial charge in [0, 0.05) is 50.5 Å². The van der Waals surface area contributed by atoms with Crippen molar-refractivity contribution in [3.8, 4) is 0 Å². The lowest BCUT2D eigenvalue weighted by molar-refractivity contribution is -0.125. The second-order valence-corrected chi connectivity index (χ2v) is 9.05. The molecule has 0 saturated carbocycles. The molecule has 1 N–H and O–H groups in total. The molecule has 0 radical (unpaired) electrons. The maximum Gasteiger partial charge on any atom is 0.224 e. The van der Waals surface area contributed by atoms with Gasteiger partial charge < -0.3 is 9.88 Å². The summed E-state index contributed by atoms with van der Waals surface area (Å²) in [6.45, 7) is 9.90. The predicted octanol–water partition coefficient (Wildman–Crippen LogP) is 3.97. The number of carbonyl (C=O) groups excluding carboxylic acids is 1. The number of hydrogen-bond donors (Lipinski definition) is 1. The third-order valence-electron chi connectivity index (χ3n) is 6.17. The minimum absolute atomic E-state index is 0.108. The van der Waals surface area contributed by atoms with E-state index in [0.717, 1.165) is 49.3 Å². The van der Waals surface area contributed by atoms with E-state index in [9.17, 15) is 4.79 Å². The van der Waals surface area contributed by atoms with Crippen molar-refractivity contribution < 1.29 is 4.79 Å². The smallest absolute Gasteiger partial charge is 0.224 e. The Morgan fingerprint density at radius 3 is 2.61 bits per heavy atom. The second-order valence-electron chi connectivity index (χ2n) is 9.05. The number of piperidine rings is 1. The van der Waals surface area contributed by atoms with Crippen LogP contribution in [0, 0.1) is 5.92 Å². The van der Waals surface area contributed by atoms with Crippen LogP contribution in [-0.2, 0) is 17.9 Å². The molecule has 0 aliphatic carbocycles. The number of imidazole rings is 1. The number of pyridine rings is 1. The van der Waals surface area contributed by atoms with Gasteiger partial charge in [0.05, 0.1) is 17.0 Å². The van der Waals surface area contributed by atoms with Crippen LogP contribution in [0.4, 0.5) is 0 Å². The molecule has 1 aliphatic heterocycles. The van der Waals surface area contributed by atoms with Gasteiger partial charge in [0.2, 0.25) is 5.91 Å². The highest BCUT2D eigenvalue weighted by Gasteiger charge is 2.24. The van der Waals surface area contributed by atoms with E-state index in [1.807, 2.05) is 43.6 Å². The van der Waals surface area contributed by atoms with Crippen molar-refractivity contribution in [1.29, 1.82) is 0 Å². The Morgan fingerprint density at radius 1 is 1.13 bits per heavy atom. The number of para-hydroxylation sites is 2. The summed E-state index contributed by atoms with van der Waals surface area (Å²) < 4.78 is 2.22. The minimum atomic E-state index is -0.108. The summed E-state index contributed by atoms with van der Waals surface area (Å²) in [5.74, 6) is 1.39. The summed E-state index contributed by atoms with van der Waals surface area (Å²) in [6.07, 6.45) is 5.72. The Hall–Kier alpha value is -2.73. The number of carbonyl (C=O) groups is 1. The maximum atomic E-state index is 13.0. The quantitative estimate of drug-likeness (QED) is 0.629. The average Bonchev–Trinajstić information content (AvgIpc) is 3.14. The lowest BCUT2D eigenvalue weighted by Crippen LogP contribution is -2.46. The highest BCUT2D eigenvalue weighted by atomic mass is 16.1. The third kappa shape index (κ3) is 5.13. The number of amides is 1. The largest absolute Gasteiger partial charge is 0.353 e. The van der Waals surface area contributed by atoms with Crippen LogP contribution < -0.4 is 5.32 Å². The fraction of sp³-hybridized carbons (Fsp3) is 0.480. The van der Waals surface area contributed by atoms with E-state index >= 15 is 0 Å². The highest BCUT2D eigenvalue weighted by Crippen LogP contribution is 2.23. The van der Waals surface area contributed by atoms with E-state index in [0.29, 0.717) is 12.5 Å². The molecule has 6 heteroatoms. The summed E-state index contributed by atoms with van der Waals surface area (Å²) in [5, 5.41) is 3.30. The highest BCUT2D eigenvalue weighted by molar-refractivity contribution is 5.79. The molecule has 1 fully saturated rings. The zero-order valence-corrected chi connectivity index (χ0v) is 18.8. The Labute approximate surface area is 184 Å². The van der Waals surface area contributed by atoms with Crippen LogP contribution in [0.2, 0.25) is 0 Å². The maximum absolute atomic E-state index is 13.0. The van der Waals surface area contributed by atoms with Crippen molar-refractivity contribution in [2.24, 2.45) is 5.92 Å². The van der Waals surface area contributed by atoms with E-state index in [2.05, 4.69) is 45.7 Å².